The van der Waals surface area contributed by atoms with Crippen LogP contribution in [0.15, 0.2) is 11.4 Å². The maximum Gasteiger partial charge on any atom is 0.221 e. The maximum atomic E-state index is 11.0. The van der Waals surface area contributed by atoms with Crippen molar-refractivity contribution in [3.8, 4) is 0 Å². The molecule has 3 nitrogen and oxygen atoms in total. The first kappa shape index (κ1) is 14.2. The fraction of sp³-hybridized carbons (Fsp3) is 0.615. The number of thiophene rings is 1. The highest BCUT2D eigenvalue weighted by molar-refractivity contribution is 7.10. The number of amides is 1. The molecule has 1 rings (SSSR count). The average Bonchev–Trinajstić information content (AvgIpc) is 2.64. The van der Waals surface area contributed by atoms with Gasteiger partial charge in [0.25, 0.3) is 0 Å². The summed E-state index contributed by atoms with van der Waals surface area (Å²) in [6.07, 6.45) is 2.47. The smallest absolute Gasteiger partial charge is 0.221 e. The van der Waals surface area contributed by atoms with E-state index in [4.69, 9.17) is 0 Å². The third kappa shape index (κ3) is 5.84. The van der Waals surface area contributed by atoms with Crippen molar-refractivity contribution in [2.75, 3.05) is 11.9 Å². The Balaban J connectivity index is 2.27. The average molecular weight is 254 g/mol. The van der Waals surface area contributed by atoms with Crippen LogP contribution in [0.25, 0.3) is 0 Å². The molecule has 0 aliphatic heterocycles. The molecule has 0 bridgehead atoms. The van der Waals surface area contributed by atoms with E-state index in [2.05, 4.69) is 24.5 Å². The minimum absolute atomic E-state index is 0.00976. The number of hydrogen-bond acceptors (Lipinski definition) is 3. The van der Waals surface area contributed by atoms with Crippen molar-refractivity contribution in [2.24, 2.45) is 5.92 Å². The van der Waals surface area contributed by atoms with E-state index in [0.29, 0.717) is 0 Å². The van der Waals surface area contributed by atoms with Crippen LogP contribution in [0.1, 0.15) is 38.5 Å². The summed E-state index contributed by atoms with van der Waals surface area (Å²) in [5, 5.41) is 8.27. The summed E-state index contributed by atoms with van der Waals surface area (Å²) in [7, 11) is 0. The third-order valence-corrected chi connectivity index (χ3v) is 3.40. The van der Waals surface area contributed by atoms with Gasteiger partial charge in [0, 0.05) is 18.3 Å². The highest BCUT2D eigenvalue weighted by Crippen LogP contribution is 2.21. The Morgan fingerprint density at radius 3 is 2.88 bits per heavy atom. The van der Waals surface area contributed by atoms with Crippen LogP contribution >= 0.6 is 11.3 Å². The zero-order valence-electron chi connectivity index (χ0n) is 10.9. The number of carbonyl (C=O) groups is 1. The van der Waals surface area contributed by atoms with Crippen molar-refractivity contribution >= 4 is 22.9 Å². The Kier molecular flexibility index (Phi) is 6.22. The van der Waals surface area contributed by atoms with Crippen molar-refractivity contribution in [1.82, 2.24) is 5.32 Å². The second-order valence-corrected chi connectivity index (χ2v) is 5.65. The normalized spacial score (nSPS) is 10.8. The second-order valence-electron chi connectivity index (χ2n) is 4.65. The van der Waals surface area contributed by atoms with E-state index in [9.17, 15) is 4.79 Å². The van der Waals surface area contributed by atoms with Crippen LogP contribution in [0.5, 0.6) is 0 Å². The molecule has 0 saturated heterocycles. The summed E-state index contributed by atoms with van der Waals surface area (Å²) in [6.45, 7) is 7.90. The monoisotopic (exact) mass is 254 g/mol. The molecule has 0 unspecified atom stereocenters. The summed E-state index contributed by atoms with van der Waals surface area (Å²) in [6, 6.07) is 1.96. The first-order valence-corrected chi connectivity index (χ1v) is 7.02. The van der Waals surface area contributed by atoms with Crippen molar-refractivity contribution in [3.63, 3.8) is 0 Å². The molecule has 0 aliphatic rings. The first-order chi connectivity index (χ1) is 8.09. The Hall–Kier alpha value is -0.870. The number of nitrogens with one attached hydrogen (secondary N) is 2. The van der Waals surface area contributed by atoms with Gasteiger partial charge in [-0.3, -0.25) is 4.79 Å². The number of anilines is 1. The minimum Gasteiger partial charge on any atom is -0.325 e. The Morgan fingerprint density at radius 2 is 2.24 bits per heavy atom. The number of carbonyl (C=O) groups excluding carboxylic acids is 1. The van der Waals surface area contributed by atoms with E-state index in [1.54, 1.807) is 11.3 Å². The van der Waals surface area contributed by atoms with Gasteiger partial charge in [0.15, 0.2) is 0 Å². The molecule has 0 radical (unpaired) electrons. The topological polar surface area (TPSA) is 41.1 Å². The Bertz CT molecular complexity index is 347. The molecule has 4 heteroatoms. The molecule has 1 heterocycles. The zero-order valence-corrected chi connectivity index (χ0v) is 11.7. The van der Waals surface area contributed by atoms with Crippen LogP contribution < -0.4 is 10.6 Å². The lowest BCUT2D eigenvalue weighted by Gasteiger charge is -2.07. The van der Waals surface area contributed by atoms with E-state index in [1.807, 2.05) is 11.4 Å². The maximum absolute atomic E-state index is 11.0. The summed E-state index contributed by atoms with van der Waals surface area (Å²) in [5.74, 6) is 0.762. The quantitative estimate of drug-likeness (QED) is 0.733. The first-order valence-electron chi connectivity index (χ1n) is 6.14. The van der Waals surface area contributed by atoms with E-state index < -0.39 is 0 Å². The van der Waals surface area contributed by atoms with Gasteiger partial charge >= 0.3 is 0 Å². The lowest BCUT2D eigenvalue weighted by atomic mass is 10.1. The van der Waals surface area contributed by atoms with Gasteiger partial charge in [0.05, 0.1) is 5.69 Å². The fourth-order valence-corrected chi connectivity index (χ4v) is 2.42. The van der Waals surface area contributed by atoms with Crippen molar-refractivity contribution < 1.29 is 4.79 Å². The summed E-state index contributed by atoms with van der Waals surface area (Å²) in [4.78, 5) is 12.2. The molecule has 0 aromatic carbocycles. The number of rotatable bonds is 7. The predicted octanol–water partition coefficient (Wildman–Crippen LogP) is 3.23. The van der Waals surface area contributed by atoms with Crippen molar-refractivity contribution in [1.29, 1.82) is 0 Å². The van der Waals surface area contributed by atoms with Gasteiger partial charge in [-0.05, 0) is 36.8 Å². The molecular formula is C13H22N2OS. The molecule has 0 atom stereocenters. The van der Waals surface area contributed by atoms with Gasteiger partial charge < -0.3 is 10.6 Å². The molecule has 96 valence electrons. The molecule has 1 aromatic rings. The molecule has 1 amide bonds. The molecule has 17 heavy (non-hydrogen) atoms. The Labute approximate surface area is 108 Å². The summed E-state index contributed by atoms with van der Waals surface area (Å²) in [5.41, 5.74) is 0.943. The van der Waals surface area contributed by atoms with Gasteiger partial charge in [-0.25, -0.2) is 0 Å². The van der Waals surface area contributed by atoms with E-state index >= 15 is 0 Å². The van der Waals surface area contributed by atoms with Crippen LogP contribution in [0.3, 0.4) is 0 Å². The Morgan fingerprint density at radius 1 is 1.47 bits per heavy atom. The third-order valence-electron chi connectivity index (χ3n) is 2.48. The molecular weight excluding hydrogens is 232 g/mol. The molecule has 0 spiro atoms. The lowest BCUT2D eigenvalue weighted by molar-refractivity contribution is -0.114. The molecule has 0 aliphatic carbocycles. The van der Waals surface area contributed by atoms with Crippen LogP contribution in [0, 0.1) is 5.92 Å². The molecule has 2 N–H and O–H groups in total. The highest BCUT2D eigenvalue weighted by Gasteiger charge is 2.04. The summed E-state index contributed by atoms with van der Waals surface area (Å²) >= 11 is 1.68. The van der Waals surface area contributed by atoms with Gasteiger partial charge in [-0.15, -0.1) is 11.3 Å². The molecule has 0 saturated carbocycles. The second kappa shape index (κ2) is 7.45. The van der Waals surface area contributed by atoms with Crippen LogP contribution in [-0.4, -0.2) is 12.5 Å². The number of hydrogen-bond donors (Lipinski definition) is 2. The fourth-order valence-electron chi connectivity index (χ4n) is 1.62. The van der Waals surface area contributed by atoms with E-state index in [1.165, 1.54) is 24.6 Å². The van der Waals surface area contributed by atoms with Gasteiger partial charge in [0.1, 0.15) is 0 Å². The van der Waals surface area contributed by atoms with Crippen molar-refractivity contribution in [2.45, 2.75) is 40.2 Å². The summed E-state index contributed by atoms with van der Waals surface area (Å²) < 4.78 is 0. The minimum atomic E-state index is -0.00976. The highest BCUT2D eigenvalue weighted by atomic mass is 32.1. The van der Waals surface area contributed by atoms with Crippen molar-refractivity contribution in [3.05, 3.63) is 16.3 Å². The van der Waals surface area contributed by atoms with Crippen LogP contribution in [0.2, 0.25) is 0 Å². The molecule has 1 aromatic heterocycles. The van der Waals surface area contributed by atoms with E-state index in [-0.39, 0.29) is 5.91 Å². The van der Waals surface area contributed by atoms with Crippen LogP contribution in [0.4, 0.5) is 5.69 Å². The van der Waals surface area contributed by atoms with E-state index in [0.717, 1.165) is 24.7 Å². The zero-order chi connectivity index (χ0) is 12.7. The SMILES string of the molecule is CC(=O)Nc1ccsc1CNCCCC(C)C. The van der Waals surface area contributed by atoms with Gasteiger partial charge in [0.2, 0.25) is 5.91 Å². The largest absolute Gasteiger partial charge is 0.325 e. The standard InChI is InChI=1S/C13H22N2OS/c1-10(2)5-4-7-14-9-13-12(6-8-17-13)15-11(3)16/h6,8,10,14H,4-5,7,9H2,1-3H3,(H,15,16). The van der Waals surface area contributed by atoms with Crippen LogP contribution in [-0.2, 0) is 11.3 Å². The van der Waals surface area contributed by atoms with Gasteiger partial charge in [-0.1, -0.05) is 13.8 Å². The molecule has 0 fully saturated rings. The van der Waals surface area contributed by atoms with Gasteiger partial charge in [-0.2, -0.15) is 0 Å². The predicted molar refractivity (Wildman–Crippen MR) is 74.4 cm³/mol. The lowest BCUT2D eigenvalue weighted by Crippen LogP contribution is -2.16.